The molecule has 2 aromatic carbocycles. The van der Waals surface area contributed by atoms with Crippen LogP contribution >= 0.6 is 0 Å². The SMILES string of the molecule is Cc1ccc(CN2CC3C(C[CH]c4cccc(OC(F)(F)F)c4)C3C2)c(C)c1. The highest BCUT2D eigenvalue weighted by Crippen LogP contribution is 2.54. The standard InChI is InChI=1S/C23H25F3NO/c1-15-6-8-18(16(2)10-15)12-27-13-21-20(22(21)14-27)9-7-17-4-3-5-19(11-17)28-23(24,25)26/h3-8,10-11,20-22H,9,12-14H2,1-2H3. The lowest BCUT2D eigenvalue weighted by molar-refractivity contribution is -0.274. The monoisotopic (exact) mass is 388 g/mol. The summed E-state index contributed by atoms with van der Waals surface area (Å²) in [5, 5.41) is 0. The Hall–Kier alpha value is -2.01. The topological polar surface area (TPSA) is 12.5 Å². The summed E-state index contributed by atoms with van der Waals surface area (Å²) in [5.41, 5.74) is 4.84. The second-order valence-electron chi connectivity index (χ2n) is 8.18. The number of rotatable bonds is 6. The van der Waals surface area contributed by atoms with Crippen LogP contribution < -0.4 is 4.74 Å². The maximum Gasteiger partial charge on any atom is 0.573 e. The molecule has 1 saturated heterocycles. The highest BCUT2D eigenvalue weighted by atomic mass is 19.4. The van der Waals surface area contributed by atoms with Gasteiger partial charge >= 0.3 is 6.36 Å². The molecule has 28 heavy (non-hydrogen) atoms. The molecular weight excluding hydrogens is 363 g/mol. The van der Waals surface area contributed by atoms with Crippen molar-refractivity contribution in [1.29, 1.82) is 0 Å². The molecule has 2 aromatic rings. The molecule has 0 aromatic heterocycles. The summed E-state index contributed by atoms with van der Waals surface area (Å²) in [7, 11) is 0. The van der Waals surface area contributed by atoms with E-state index >= 15 is 0 Å². The molecule has 2 atom stereocenters. The minimum absolute atomic E-state index is 0.156. The smallest absolute Gasteiger partial charge is 0.406 e. The molecule has 2 unspecified atom stereocenters. The van der Waals surface area contributed by atoms with Crippen molar-refractivity contribution in [2.24, 2.45) is 17.8 Å². The van der Waals surface area contributed by atoms with Gasteiger partial charge in [-0.15, -0.1) is 13.2 Å². The number of piperidine rings is 1. The Balaban J connectivity index is 1.25. The Kier molecular flexibility index (Phi) is 5.13. The number of aryl methyl sites for hydroxylation is 2. The zero-order valence-electron chi connectivity index (χ0n) is 16.2. The van der Waals surface area contributed by atoms with Gasteiger partial charge in [0.15, 0.2) is 0 Å². The molecule has 0 bridgehead atoms. The summed E-state index contributed by atoms with van der Waals surface area (Å²) in [6.07, 6.45) is -1.69. The van der Waals surface area contributed by atoms with Crippen molar-refractivity contribution in [2.45, 2.75) is 33.2 Å². The fraction of sp³-hybridized carbons (Fsp3) is 0.435. The van der Waals surface area contributed by atoms with Crippen LogP contribution in [0.1, 0.15) is 28.7 Å². The van der Waals surface area contributed by atoms with Crippen LogP contribution in [-0.2, 0) is 6.54 Å². The van der Waals surface area contributed by atoms with E-state index in [2.05, 4.69) is 41.7 Å². The van der Waals surface area contributed by atoms with E-state index in [0.717, 1.165) is 43.5 Å². The lowest BCUT2D eigenvalue weighted by Crippen LogP contribution is -2.24. The van der Waals surface area contributed by atoms with E-state index in [4.69, 9.17) is 0 Å². The quantitative estimate of drug-likeness (QED) is 0.646. The molecule has 0 spiro atoms. The van der Waals surface area contributed by atoms with Crippen LogP contribution in [0.4, 0.5) is 13.2 Å². The molecule has 2 nitrogen and oxygen atoms in total. The second kappa shape index (κ2) is 7.43. The zero-order valence-corrected chi connectivity index (χ0v) is 16.2. The predicted octanol–water partition coefficient (Wildman–Crippen LogP) is 5.52. The molecule has 1 saturated carbocycles. The van der Waals surface area contributed by atoms with E-state index in [-0.39, 0.29) is 5.75 Å². The van der Waals surface area contributed by atoms with E-state index in [0.29, 0.717) is 5.92 Å². The third kappa shape index (κ3) is 4.52. The molecule has 1 aliphatic carbocycles. The molecule has 5 heteroatoms. The lowest BCUT2D eigenvalue weighted by atomic mass is 10.0. The first kappa shape index (κ1) is 19.3. The zero-order chi connectivity index (χ0) is 19.9. The van der Waals surface area contributed by atoms with Gasteiger partial charge in [-0.3, -0.25) is 4.90 Å². The molecule has 1 heterocycles. The summed E-state index contributed by atoms with van der Waals surface area (Å²) in [6, 6.07) is 12.9. The van der Waals surface area contributed by atoms with Crippen molar-refractivity contribution in [3.63, 3.8) is 0 Å². The van der Waals surface area contributed by atoms with Gasteiger partial charge in [-0.1, -0.05) is 35.9 Å². The van der Waals surface area contributed by atoms with E-state index in [1.54, 1.807) is 6.07 Å². The summed E-state index contributed by atoms with van der Waals surface area (Å²) < 4.78 is 41.1. The predicted molar refractivity (Wildman–Crippen MR) is 103 cm³/mol. The van der Waals surface area contributed by atoms with Crippen molar-refractivity contribution in [3.05, 3.63) is 71.1 Å². The fourth-order valence-corrected chi connectivity index (χ4v) is 4.59. The van der Waals surface area contributed by atoms with E-state index in [1.165, 1.54) is 28.8 Å². The van der Waals surface area contributed by atoms with Crippen molar-refractivity contribution < 1.29 is 17.9 Å². The fourth-order valence-electron chi connectivity index (χ4n) is 4.59. The van der Waals surface area contributed by atoms with Gasteiger partial charge in [0.05, 0.1) is 0 Å². The van der Waals surface area contributed by atoms with Crippen molar-refractivity contribution >= 4 is 0 Å². The highest BCUT2D eigenvalue weighted by Gasteiger charge is 2.54. The maximum absolute atomic E-state index is 12.4. The first-order valence-corrected chi connectivity index (χ1v) is 9.76. The van der Waals surface area contributed by atoms with E-state index in [1.807, 2.05) is 12.5 Å². The van der Waals surface area contributed by atoms with Crippen LogP contribution in [0.5, 0.6) is 5.75 Å². The van der Waals surface area contributed by atoms with Crippen LogP contribution in [0.15, 0.2) is 42.5 Å². The second-order valence-corrected chi connectivity index (χ2v) is 8.18. The Morgan fingerprint density at radius 3 is 2.50 bits per heavy atom. The summed E-state index contributed by atoms with van der Waals surface area (Å²) >= 11 is 0. The minimum Gasteiger partial charge on any atom is -0.406 e. The summed E-state index contributed by atoms with van der Waals surface area (Å²) in [5.74, 6) is 1.94. The minimum atomic E-state index is -4.65. The van der Waals surface area contributed by atoms with E-state index < -0.39 is 6.36 Å². The number of benzene rings is 2. The molecule has 2 fully saturated rings. The van der Waals surface area contributed by atoms with E-state index in [9.17, 15) is 13.2 Å². The molecule has 4 rings (SSSR count). The van der Waals surface area contributed by atoms with Gasteiger partial charge in [0.25, 0.3) is 0 Å². The Morgan fingerprint density at radius 1 is 1.07 bits per heavy atom. The molecule has 149 valence electrons. The average Bonchev–Trinajstić information content (AvgIpc) is 3.05. The number of ether oxygens (including phenoxy) is 1. The lowest BCUT2D eigenvalue weighted by Gasteiger charge is -2.21. The number of likely N-dealkylation sites (tertiary alicyclic amines) is 1. The number of fused-ring (bicyclic) bond motifs is 1. The van der Waals surface area contributed by atoms with Crippen LogP contribution in [0.3, 0.4) is 0 Å². The number of nitrogens with zero attached hydrogens (tertiary/aromatic N) is 1. The van der Waals surface area contributed by atoms with Gasteiger partial charge in [-0.05, 0) is 73.3 Å². The highest BCUT2D eigenvalue weighted by molar-refractivity contribution is 5.33. The average molecular weight is 388 g/mol. The normalized spacial score (nSPS) is 24.2. The van der Waals surface area contributed by atoms with Crippen LogP contribution in [0.25, 0.3) is 0 Å². The largest absolute Gasteiger partial charge is 0.573 e. The van der Waals surface area contributed by atoms with Gasteiger partial charge in [-0.25, -0.2) is 0 Å². The van der Waals surface area contributed by atoms with Crippen molar-refractivity contribution in [1.82, 2.24) is 4.90 Å². The van der Waals surface area contributed by atoms with Gasteiger partial charge in [-0.2, -0.15) is 0 Å². The molecule has 1 radical (unpaired) electrons. The first-order chi connectivity index (χ1) is 13.3. The third-order valence-corrected chi connectivity index (χ3v) is 6.06. The van der Waals surface area contributed by atoms with Crippen LogP contribution in [-0.4, -0.2) is 24.4 Å². The van der Waals surface area contributed by atoms with Gasteiger partial charge < -0.3 is 4.74 Å². The Labute approximate surface area is 164 Å². The number of alkyl halides is 3. The first-order valence-electron chi connectivity index (χ1n) is 9.76. The summed E-state index contributed by atoms with van der Waals surface area (Å²) in [6.45, 7) is 7.54. The molecule has 1 aliphatic heterocycles. The Morgan fingerprint density at radius 2 is 1.82 bits per heavy atom. The maximum atomic E-state index is 12.4. The van der Waals surface area contributed by atoms with Crippen LogP contribution in [0, 0.1) is 38.0 Å². The number of halogens is 3. The van der Waals surface area contributed by atoms with Crippen LogP contribution in [0.2, 0.25) is 0 Å². The molecular formula is C23H25F3NO. The number of hydrogen-bond acceptors (Lipinski definition) is 2. The van der Waals surface area contributed by atoms with Gasteiger partial charge in [0.1, 0.15) is 5.75 Å². The summed E-state index contributed by atoms with van der Waals surface area (Å²) in [4.78, 5) is 2.53. The van der Waals surface area contributed by atoms with Gasteiger partial charge in [0, 0.05) is 19.6 Å². The van der Waals surface area contributed by atoms with Crippen molar-refractivity contribution in [2.75, 3.05) is 13.1 Å². The number of hydrogen-bond donors (Lipinski definition) is 0. The third-order valence-electron chi connectivity index (χ3n) is 6.06. The Bertz CT molecular complexity index is 836. The molecule has 0 N–H and O–H groups in total. The van der Waals surface area contributed by atoms with Gasteiger partial charge in [0.2, 0.25) is 0 Å². The van der Waals surface area contributed by atoms with Crippen molar-refractivity contribution in [3.8, 4) is 5.75 Å². The molecule has 2 aliphatic rings. The molecule has 0 amide bonds.